The van der Waals surface area contributed by atoms with Gasteiger partial charge in [-0.3, -0.25) is 9.48 Å². The summed E-state index contributed by atoms with van der Waals surface area (Å²) in [6.45, 7) is 1.69. The monoisotopic (exact) mass is 294 g/mol. The molecule has 7 nitrogen and oxygen atoms in total. The molecule has 2 rings (SSSR count). The second kappa shape index (κ2) is 5.06. The zero-order valence-electron chi connectivity index (χ0n) is 11.0. The Kier molecular flexibility index (Phi) is 3.60. The number of rotatable bonds is 3. The van der Waals surface area contributed by atoms with Gasteiger partial charge in [0.25, 0.3) is 5.91 Å². The maximum absolute atomic E-state index is 12.0. The molecule has 0 saturated carbocycles. The molecule has 0 saturated heterocycles. The van der Waals surface area contributed by atoms with E-state index in [2.05, 4.69) is 10.4 Å². The van der Waals surface area contributed by atoms with Crippen molar-refractivity contribution in [3.63, 3.8) is 0 Å². The molecule has 106 valence electrons. The standard InChI is InChI=1S/C12H14N4O3S/c1-8-7-9(20(13,18)19)3-4-10(8)15-12(17)11-5-6-14-16(11)2/h3-7H,1-2H3,(H,15,17)(H2,13,18,19). The molecule has 0 aliphatic carbocycles. The van der Waals surface area contributed by atoms with Gasteiger partial charge in [0, 0.05) is 18.9 Å². The molecule has 0 atom stereocenters. The quantitative estimate of drug-likeness (QED) is 0.865. The molecule has 2 aromatic rings. The average molecular weight is 294 g/mol. The number of amides is 1. The molecular formula is C12H14N4O3S. The van der Waals surface area contributed by atoms with Crippen LogP contribution in [0.5, 0.6) is 0 Å². The number of aryl methyl sites for hydroxylation is 2. The number of nitrogens with two attached hydrogens (primary N) is 1. The number of hydrogen-bond donors (Lipinski definition) is 2. The van der Waals surface area contributed by atoms with Crippen molar-refractivity contribution in [1.29, 1.82) is 0 Å². The minimum atomic E-state index is -3.75. The Morgan fingerprint density at radius 1 is 1.35 bits per heavy atom. The van der Waals surface area contributed by atoms with E-state index < -0.39 is 10.0 Å². The highest BCUT2D eigenvalue weighted by Gasteiger charge is 2.13. The van der Waals surface area contributed by atoms with Crippen molar-refractivity contribution < 1.29 is 13.2 Å². The summed E-state index contributed by atoms with van der Waals surface area (Å²) in [6.07, 6.45) is 1.52. The minimum Gasteiger partial charge on any atom is -0.320 e. The Balaban J connectivity index is 2.27. The van der Waals surface area contributed by atoms with E-state index in [1.54, 1.807) is 20.0 Å². The van der Waals surface area contributed by atoms with Crippen LogP contribution in [0.3, 0.4) is 0 Å². The van der Waals surface area contributed by atoms with Gasteiger partial charge in [0.1, 0.15) is 5.69 Å². The SMILES string of the molecule is Cc1cc(S(N)(=O)=O)ccc1NC(=O)c1ccnn1C. The molecular weight excluding hydrogens is 280 g/mol. The smallest absolute Gasteiger partial charge is 0.273 e. The van der Waals surface area contributed by atoms with Gasteiger partial charge in [-0.2, -0.15) is 5.10 Å². The third-order valence-electron chi connectivity index (χ3n) is 2.83. The lowest BCUT2D eigenvalue weighted by molar-refractivity contribution is 0.101. The number of aromatic nitrogens is 2. The lowest BCUT2D eigenvalue weighted by Crippen LogP contribution is -2.17. The first-order chi connectivity index (χ1) is 9.29. The predicted molar refractivity (Wildman–Crippen MR) is 73.7 cm³/mol. The van der Waals surface area contributed by atoms with Gasteiger partial charge in [-0.1, -0.05) is 0 Å². The van der Waals surface area contributed by atoms with Crippen LogP contribution in [-0.2, 0) is 17.1 Å². The summed E-state index contributed by atoms with van der Waals surface area (Å²) in [4.78, 5) is 12.0. The van der Waals surface area contributed by atoms with E-state index in [4.69, 9.17) is 5.14 Å². The van der Waals surface area contributed by atoms with Gasteiger partial charge in [0.05, 0.1) is 4.90 Å². The van der Waals surface area contributed by atoms with Crippen LogP contribution in [0.2, 0.25) is 0 Å². The number of nitrogens with zero attached hydrogens (tertiary/aromatic N) is 2. The van der Waals surface area contributed by atoms with E-state index in [1.165, 1.54) is 29.1 Å². The summed E-state index contributed by atoms with van der Waals surface area (Å²) in [5.41, 5.74) is 1.52. The van der Waals surface area contributed by atoms with Gasteiger partial charge in [-0.15, -0.1) is 0 Å². The van der Waals surface area contributed by atoms with Crippen LogP contribution in [0.25, 0.3) is 0 Å². The van der Waals surface area contributed by atoms with Crippen LogP contribution >= 0.6 is 0 Å². The minimum absolute atomic E-state index is 0.00790. The highest BCUT2D eigenvalue weighted by Crippen LogP contribution is 2.19. The highest BCUT2D eigenvalue weighted by atomic mass is 32.2. The van der Waals surface area contributed by atoms with Crippen molar-refractivity contribution in [1.82, 2.24) is 9.78 Å². The number of anilines is 1. The first-order valence-electron chi connectivity index (χ1n) is 5.72. The average Bonchev–Trinajstić information content (AvgIpc) is 2.76. The Labute approximate surface area is 116 Å². The van der Waals surface area contributed by atoms with E-state index >= 15 is 0 Å². The molecule has 0 bridgehead atoms. The van der Waals surface area contributed by atoms with Crippen molar-refractivity contribution in [3.05, 3.63) is 41.7 Å². The third-order valence-corrected chi connectivity index (χ3v) is 3.74. The summed E-state index contributed by atoms with van der Waals surface area (Å²) in [6, 6.07) is 5.85. The predicted octanol–water partition coefficient (Wildman–Crippen LogP) is 0.628. The second-order valence-electron chi connectivity index (χ2n) is 4.32. The fourth-order valence-electron chi connectivity index (χ4n) is 1.74. The van der Waals surface area contributed by atoms with Crippen LogP contribution in [0.1, 0.15) is 16.1 Å². The fourth-order valence-corrected chi connectivity index (χ4v) is 2.34. The molecule has 0 radical (unpaired) electrons. The zero-order valence-corrected chi connectivity index (χ0v) is 11.8. The van der Waals surface area contributed by atoms with E-state index in [1.807, 2.05) is 0 Å². The Morgan fingerprint density at radius 2 is 2.05 bits per heavy atom. The lowest BCUT2D eigenvalue weighted by atomic mass is 10.2. The zero-order chi connectivity index (χ0) is 14.9. The molecule has 1 heterocycles. The lowest BCUT2D eigenvalue weighted by Gasteiger charge is -2.09. The van der Waals surface area contributed by atoms with Crippen molar-refractivity contribution in [3.8, 4) is 0 Å². The summed E-state index contributed by atoms with van der Waals surface area (Å²) in [5.74, 6) is -0.323. The molecule has 0 fully saturated rings. The molecule has 8 heteroatoms. The molecule has 0 unspecified atom stereocenters. The number of primary sulfonamides is 1. The first kappa shape index (κ1) is 14.2. The number of nitrogens with one attached hydrogen (secondary N) is 1. The molecule has 1 aromatic carbocycles. The van der Waals surface area contributed by atoms with Crippen molar-refractivity contribution >= 4 is 21.6 Å². The van der Waals surface area contributed by atoms with Crippen LogP contribution in [0.4, 0.5) is 5.69 Å². The normalized spacial score (nSPS) is 11.3. The summed E-state index contributed by atoms with van der Waals surface area (Å²) in [7, 11) is -2.09. The molecule has 0 spiro atoms. The molecule has 1 amide bonds. The fraction of sp³-hybridized carbons (Fsp3) is 0.167. The molecule has 1 aromatic heterocycles. The van der Waals surface area contributed by atoms with Gasteiger partial charge in [0.15, 0.2) is 0 Å². The number of sulfonamides is 1. The maximum Gasteiger partial charge on any atom is 0.273 e. The van der Waals surface area contributed by atoms with Gasteiger partial charge < -0.3 is 5.32 Å². The van der Waals surface area contributed by atoms with Crippen molar-refractivity contribution in [2.75, 3.05) is 5.32 Å². The molecule has 0 aliphatic heterocycles. The van der Waals surface area contributed by atoms with E-state index in [0.29, 0.717) is 16.9 Å². The van der Waals surface area contributed by atoms with Crippen molar-refractivity contribution in [2.45, 2.75) is 11.8 Å². The van der Waals surface area contributed by atoms with E-state index in [0.717, 1.165) is 0 Å². The number of hydrogen-bond acceptors (Lipinski definition) is 4. The number of carbonyl (C=O) groups excluding carboxylic acids is 1. The second-order valence-corrected chi connectivity index (χ2v) is 5.88. The van der Waals surface area contributed by atoms with Gasteiger partial charge in [0.2, 0.25) is 10.0 Å². The summed E-state index contributed by atoms with van der Waals surface area (Å²) >= 11 is 0. The number of carbonyl (C=O) groups is 1. The van der Waals surface area contributed by atoms with Crippen LogP contribution in [-0.4, -0.2) is 24.1 Å². The molecule has 3 N–H and O–H groups in total. The molecule has 0 aliphatic rings. The van der Waals surface area contributed by atoms with E-state index in [-0.39, 0.29) is 10.8 Å². The maximum atomic E-state index is 12.0. The Morgan fingerprint density at radius 3 is 2.55 bits per heavy atom. The number of benzene rings is 1. The first-order valence-corrected chi connectivity index (χ1v) is 7.26. The Hall–Kier alpha value is -2.19. The van der Waals surface area contributed by atoms with Gasteiger partial charge in [-0.25, -0.2) is 13.6 Å². The highest BCUT2D eigenvalue weighted by molar-refractivity contribution is 7.89. The Bertz CT molecular complexity index is 765. The topological polar surface area (TPSA) is 107 Å². The van der Waals surface area contributed by atoms with Crippen LogP contribution in [0, 0.1) is 6.92 Å². The van der Waals surface area contributed by atoms with Gasteiger partial charge >= 0.3 is 0 Å². The summed E-state index contributed by atoms with van der Waals surface area (Å²) in [5, 5.41) is 11.7. The van der Waals surface area contributed by atoms with Crippen molar-refractivity contribution in [2.24, 2.45) is 12.2 Å². The van der Waals surface area contributed by atoms with E-state index in [9.17, 15) is 13.2 Å². The summed E-state index contributed by atoms with van der Waals surface area (Å²) < 4.78 is 23.9. The van der Waals surface area contributed by atoms with Crippen LogP contribution in [0.15, 0.2) is 35.4 Å². The third kappa shape index (κ3) is 2.86. The largest absolute Gasteiger partial charge is 0.320 e. The van der Waals surface area contributed by atoms with Crippen LogP contribution < -0.4 is 10.5 Å². The van der Waals surface area contributed by atoms with Gasteiger partial charge in [-0.05, 0) is 36.8 Å². The molecule has 20 heavy (non-hydrogen) atoms.